The molecule has 3 nitrogen and oxygen atoms in total. The van der Waals surface area contributed by atoms with Crippen LogP contribution in [0.5, 0.6) is 0 Å². The van der Waals surface area contributed by atoms with Crippen LogP contribution in [-0.2, 0) is 0 Å². The van der Waals surface area contributed by atoms with Gasteiger partial charge < -0.3 is 10.2 Å². The number of hydrogen-bond acceptors (Lipinski definition) is 2. The van der Waals surface area contributed by atoms with Gasteiger partial charge in [0.05, 0.1) is 0 Å². The minimum absolute atomic E-state index is 0.0493. The van der Waals surface area contributed by atoms with Crippen LogP contribution in [0.3, 0.4) is 0 Å². The van der Waals surface area contributed by atoms with Gasteiger partial charge in [0.15, 0.2) is 0 Å². The van der Waals surface area contributed by atoms with Crippen molar-refractivity contribution in [2.75, 3.05) is 26.2 Å². The van der Waals surface area contributed by atoms with Gasteiger partial charge in [-0.2, -0.15) is 0 Å². The van der Waals surface area contributed by atoms with Crippen LogP contribution in [0.2, 0.25) is 0 Å². The second kappa shape index (κ2) is 6.71. The molecule has 1 heterocycles. The van der Waals surface area contributed by atoms with E-state index in [1.807, 2.05) is 26.0 Å². The number of aryl methyl sites for hydroxylation is 2. The van der Waals surface area contributed by atoms with Gasteiger partial charge in [-0.05, 0) is 64.9 Å². The Morgan fingerprint density at radius 3 is 2.42 bits per heavy atom. The zero-order chi connectivity index (χ0) is 13.7. The van der Waals surface area contributed by atoms with Crippen molar-refractivity contribution in [2.24, 2.45) is 0 Å². The molecule has 3 heteroatoms. The first-order valence-corrected chi connectivity index (χ1v) is 7.24. The number of hydrogen-bond donors (Lipinski definition) is 1. The molecule has 0 atom stereocenters. The highest BCUT2D eigenvalue weighted by Crippen LogP contribution is 2.09. The first kappa shape index (κ1) is 14.1. The van der Waals surface area contributed by atoms with Crippen molar-refractivity contribution in [3.05, 3.63) is 34.9 Å². The topological polar surface area (TPSA) is 32.3 Å². The van der Waals surface area contributed by atoms with Gasteiger partial charge in [0, 0.05) is 12.1 Å². The smallest absolute Gasteiger partial charge is 0.251 e. The van der Waals surface area contributed by atoms with Crippen molar-refractivity contribution in [3.63, 3.8) is 0 Å². The van der Waals surface area contributed by atoms with E-state index in [1.165, 1.54) is 25.9 Å². The molecule has 0 aliphatic carbocycles. The highest BCUT2D eigenvalue weighted by Gasteiger charge is 2.11. The van der Waals surface area contributed by atoms with Crippen LogP contribution in [0.4, 0.5) is 0 Å². The van der Waals surface area contributed by atoms with E-state index in [-0.39, 0.29) is 5.91 Å². The Labute approximate surface area is 116 Å². The number of amides is 1. The third-order valence-corrected chi connectivity index (χ3v) is 3.62. The van der Waals surface area contributed by atoms with Gasteiger partial charge in [-0.1, -0.05) is 17.2 Å². The SMILES string of the molecule is Cc1cc(C)cc(C(=O)NCCCN2CCCC2)c1. The predicted molar refractivity (Wildman–Crippen MR) is 78.5 cm³/mol. The van der Waals surface area contributed by atoms with Gasteiger partial charge >= 0.3 is 0 Å². The fraction of sp³-hybridized carbons (Fsp3) is 0.562. The Bertz CT molecular complexity index is 416. The van der Waals surface area contributed by atoms with Crippen LogP contribution in [0.1, 0.15) is 40.7 Å². The summed E-state index contributed by atoms with van der Waals surface area (Å²) in [5.74, 6) is 0.0493. The van der Waals surface area contributed by atoms with Gasteiger partial charge in [-0.15, -0.1) is 0 Å². The molecule has 0 saturated carbocycles. The summed E-state index contributed by atoms with van der Waals surface area (Å²) in [6.45, 7) is 8.37. The van der Waals surface area contributed by atoms with Crippen LogP contribution < -0.4 is 5.32 Å². The molecule has 1 fully saturated rings. The van der Waals surface area contributed by atoms with E-state index in [0.717, 1.165) is 36.2 Å². The average molecular weight is 260 g/mol. The molecule has 1 saturated heterocycles. The molecule has 1 aromatic rings. The number of carbonyl (C=O) groups is 1. The molecule has 0 bridgehead atoms. The number of likely N-dealkylation sites (tertiary alicyclic amines) is 1. The Morgan fingerprint density at radius 1 is 1.16 bits per heavy atom. The summed E-state index contributed by atoms with van der Waals surface area (Å²) in [5, 5.41) is 3.01. The zero-order valence-electron chi connectivity index (χ0n) is 12.0. The number of nitrogens with zero attached hydrogens (tertiary/aromatic N) is 1. The lowest BCUT2D eigenvalue weighted by atomic mass is 10.1. The van der Waals surface area contributed by atoms with Crippen LogP contribution in [0.25, 0.3) is 0 Å². The van der Waals surface area contributed by atoms with Crippen LogP contribution in [0.15, 0.2) is 18.2 Å². The minimum atomic E-state index is 0.0493. The lowest BCUT2D eigenvalue weighted by Crippen LogP contribution is -2.28. The molecule has 2 rings (SSSR count). The normalized spacial score (nSPS) is 15.7. The Balaban J connectivity index is 1.74. The van der Waals surface area contributed by atoms with Gasteiger partial charge in [0.25, 0.3) is 5.91 Å². The summed E-state index contributed by atoms with van der Waals surface area (Å²) in [5.41, 5.74) is 3.06. The molecule has 1 aliphatic heterocycles. The van der Waals surface area contributed by atoms with Crippen molar-refractivity contribution >= 4 is 5.91 Å². The maximum Gasteiger partial charge on any atom is 0.251 e. The third kappa shape index (κ3) is 4.35. The van der Waals surface area contributed by atoms with Gasteiger partial charge in [0.1, 0.15) is 0 Å². The summed E-state index contributed by atoms with van der Waals surface area (Å²) in [6.07, 6.45) is 3.69. The third-order valence-electron chi connectivity index (χ3n) is 3.62. The minimum Gasteiger partial charge on any atom is -0.352 e. The van der Waals surface area contributed by atoms with Crippen molar-refractivity contribution in [2.45, 2.75) is 33.1 Å². The standard InChI is InChI=1S/C16H24N2O/c1-13-10-14(2)12-15(11-13)16(19)17-6-5-9-18-7-3-4-8-18/h10-12H,3-9H2,1-2H3,(H,17,19). The van der Waals surface area contributed by atoms with E-state index in [1.54, 1.807) is 0 Å². The quantitative estimate of drug-likeness (QED) is 0.825. The monoisotopic (exact) mass is 260 g/mol. The molecule has 0 unspecified atom stereocenters. The summed E-state index contributed by atoms with van der Waals surface area (Å²) in [4.78, 5) is 14.5. The molecule has 0 spiro atoms. The van der Waals surface area contributed by atoms with Crippen LogP contribution >= 0.6 is 0 Å². The molecule has 1 N–H and O–H groups in total. The summed E-state index contributed by atoms with van der Waals surface area (Å²) >= 11 is 0. The number of benzene rings is 1. The van der Waals surface area contributed by atoms with Gasteiger partial charge in [-0.25, -0.2) is 0 Å². The Kier molecular flexibility index (Phi) is 4.97. The molecule has 0 radical (unpaired) electrons. The highest BCUT2D eigenvalue weighted by atomic mass is 16.1. The molecule has 1 aliphatic rings. The molecule has 1 aromatic carbocycles. The Morgan fingerprint density at radius 2 is 1.79 bits per heavy atom. The lowest BCUT2D eigenvalue weighted by molar-refractivity contribution is 0.0952. The van der Waals surface area contributed by atoms with E-state index in [4.69, 9.17) is 0 Å². The number of carbonyl (C=O) groups excluding carboxylic acids is 1. The van der Waals surface area contributed by atoms with Crippen LogP contribution in [-0.4, -0.2) is 37.0 Å². The van der Waals surface area contributed by atoms with E-state index in [9.17, 15) is 4.79 Å². The van der Waals surface area contributed by atoms with E-state index < -0.39 is 0 Å². The maximum atomic E-state index is 12.0. The van der Waals surface area contributed by atoms with Gasteiger partial charge in [-0.3, -0.25) is 4.79 Å². The number of nitrogens with one attached hydrogen (secondary N) is 1. The summed E-state index contributed by atoms with van der Waals surface area (Å²) in [6, 6.07) is 5.98. The first-order valence-electron chi connectivity index (χ1n) is 7.24. The molecule has 1 amide bonds. The first-order chi connectivity index (χ1) is 9.15. The average Bonchev–Trinajstić information content (AvgIpc) is 2.86. The molecule has 19 heavy (non-hydrogen) atoms. The van der Waals surface area contributed by atoms with E-state index in [2.05, 4.69) is 16.3 Å². The van der Waals surface area contributed by atoms with Crippen molar-refractivity contribution < 1.29 is 4.79 Å². The van der Waals surface area contributed by atoms with E-state index in [0.29, 0.717) is 0 Å². The summed E-state index contributed by atoms with van der Waals surface area (Å²) in [7, 11) is 0. The Hall–Kier alpha value is -1.35. The van der Waals surface area contributed by atoms with Crippen molar-refractivity contribution in [1.29, 1.82) is 0 Å². The van der Waals surface area contributed by atoms with E-state index >= 15 is 0 Å². The van der Waals surface area contributed by atoms with Crippen molar-refractivity contribution in [1.82, 2.24) is 10.2 Å². The van der Waals surface area contributed by atoms with Crippen LogP contribution in [0, 0.1) is 13.8 Å². The highest BCUT2D eigenvalue weighted by molar-refractivity contribution is 5.94. The number of rotatable bonds is 5. The molecular formula is C16H24N2O. The second-order valence-corrected chi connectivity index (χ2v) is 5.53. The zero-order valence-corrected chi connectivity index (χ0v) is 12.0. The van der Waals surface area contributed by atoms with Crippen molar-refractivity contribution in [3.8, 4) is 0 Å². The summed E-state index contributed by atoms with van der Waals surface area (Å²) < 4.78 is 0. The molecular weight excluding hydrogens is 236 g/mol. The largest absolute Gasteiger partial charge is 0.352 e. The second-order valence-electron chi connectivity index (χ2n) is 5.53. The fourth-order valence-corrected chi connectivity index (χ4v) is 2.72. The maximum absolute atomic E-state index is 12.0. The molecule has 104 valence electrons. The van der Waals surface area contributed by atoms with Gasteiger partial charge in [0.2, 0.25) is 0 Å². The fourth-order valence-electron chi connectivity index (χ4n) is 2.72. The predicted octanol–water partition coefficient (Wildman–Crippen LogP) is 2.52. The molecule has 0 aromatic heterocycles. The lowest BCUT2D eigenvalue weighted by Gasteiger charge is -2.14.